The zero-order valence-electron chi connectivity index (χ0n) is 16.7. The first-order valence-corrected chi connectivity index (χ1v) is 10.2. The van der Waals surface area contributed by atoms with Crippen LogP contribution in [0.25, 0.3) is 10.9 Å². The highest BCUT2D eigenvalue weighted by Gasteiger charge is 2.39. The number of aromatic amines is 1. The van der Waals surface area contributed by atoms with E-state index in [4.69, 9.17) is 9.47 Å². The molecule has 1 fully saturated rings. The number of nitrogens with one attached hydrogen (secondary N) is 2. The smallest absolute Gasteiger partial charge is 0.325 e. The van der Waals surface area contributed by atoms with Crippen LogP contribution in [0.4, 0.5) is 4.79 Å². The van der Waals surface area contributed by atoms with Gasteiger partial charge < -0.3 is 19.8 Å². The molecule has 2 N–H and O–H groups in total. The van der Waals surface area contributed by atoms with E-state index >= 15 is 0 Å². The van der Waals surface area contributed by atoms with Gasteiger partial charge in [0.1, 0.15) is 6.04 Å². The van der Waals surface area contributed by atoms with Crippen LogP contribution in [0.2, 0.25) is 0 Å². The molecule has 0 bridgehead atoms. The second kappa shape index (κ2) is 7.79. The van der Waals surface area contributed by atoms with E-state index in [1.54, 1.807) is 18.2 Å². The molecular formula is C23H21N3O5. The summed E-state index contributed by atoms with van der Waals surface area (Å²) in [6.07, 6.45) is 2.96. The van der Waals surface area contributed by atoms with Crippen molar-refractivity contribution >= 4 is 28.6 Å². The molecule has 5 rings (SSSR count). The van der Waals surface area contributed by atoms with Crippen molar-refractivity contribution in [3.63, 3.8) is 0 Å². The molecule has 2 aliphatic heterocycles. The molecule has 0 unspecified atom stereocenters. The van der Waals surface area contributed by atoms with Crippen LogP contribution in [-0.2, 0) is 11.2 Å². The molecule has 2 aromatic carbocycles. The molecule has 0 spiro atoms. The number of ketones is 1. The first kappa shape index (κ1) is 19.2. The van der Waals surface area contributed by atoms with Crippen molar-refractivity contribution in [2.75, 3.05) is 19.8 Å². The van der Waals surface area contributed by atoms with Crippen LogP contribution in [-0.4, -0.2) is 53.4 Å². The lowest BCUT2D eigenvalue weighted by Crippen LogP contribution is -2.36. The van der Waals surface area contributed by atoms with Gasteiger partial charge in [0, 0.05) is 35.5 Å². The van der Waals surface area contributed by atoms with Crippen molar-refractivity contribution < 1.29 is 23.9 Å². The summed E-state index contributed by atoms with van der Waals surface area (Å²) in [6, 6.07) is 11.4. The van der Waals surface area contributed by atoms with Crippen LogP contribution < -0.4 is 14.8 Å². The van der Waals surface area contributed by atoms with Crippen LogP contribution in [0.15, 0.2) is 48.7 Å². The number of carbonyl (C=O) groups excluding carboxylic acids is 3. The van der Waals surface area contributed by atoms with Crippen molar-refractivity contribution in [3.8, 4) is 11.5 Å². The maximum absolute atomic E-state index is 12.9. The van der Waals surface area contributed by atoms with E-state index in [9.17, 15) is 14.4 Å². The van der Waals surface area contributed by atoms with Crippen molar-refractivity contribution in [2.24, 2.45) is 0 Å². The highest BCUT2D eigenvalue weighted by Crippen LogP contribution is 2.30. The lowest BCUT2D eigenvalue weighted by atomic mass is 10.0. The van der Waals surface area contributed by atoms with E-state index in [2.05, 4.69) is 10.3 Å². The SMILES string of the molecule is O=C(CN1C(=O)N[C@H](Cc2c[nH]c3ccccc23)C1=O)c1ccc2c(c1)OCCCO2. The number of urea groups is 1. The predicted molar refractivity (Wildman–Crippen MR) is 112 cm³/mol. The number of imide groups is 1. The predicted octanol–water partition coefficient (Wildman–Crippen LogP) is 2.68. The molecule has 158 valence electrons. The zero-order chi connectivity index (χ0) is 21.4. The summed E-state index contributed by atoms with van der Waals surface area (Å²) in [4.78, 5) is 42.2. The molecule has 0 radical (unpaired) electrons. The van der Waals surface area contributed by atoms with E-state index in [0.29, 0.717) is 36.7 Å². The number of H-pyrrole nitrogens is 1. The average molecular weight is 419 g/mol. The van der Waals surface area contributed by atoms with Gasteiger partial charge in [-0.1, -0.05) is 18.2 Å². The lowest BCUT2D eigenvalue weighted by Gasteiger charge is -2.13. The van der Waals surface area contributed by atoms with Gasteiger partial charge in [-0.15, -0.1) is 0 Å². The summed E-state index contributed by atoms with van der Waals surface area (Å²) in [6.45, 7) is 0.739. The van der Waals surface area contributed by atoms with Crippen LogP contribution in [0, 0.1) is 0 Å². The van der Waals surface area contributed by atoms with Crippen molar-refractivity contribution in [1.82, 2.24) is 15.2 Å². The summed E-state index contributed by atoms with van der Waals surface area (Å²) in [7, 11) is 0. The zero-order valence-corrected chi connectivity index (χ0v) is 16.7. The Hall–Kier alpha value is -3.81. The third kappa shape index (κ3) is 3.61. The first-order valence-electron chi connectivity index (χ1n) is 10.2. The third-order valence-corrected chi connectivity index (χ3v) is 5.58. The number of para-hydroxylation sites is 1. The van der Waals surface area contributed by atoms with Gasteiger partial charge in [0.2, 0.25) is 0 Å². The van der Waals surface area contributed by atoms with Gasteiger partial charge in [0.15, 0.2) is 17.3 Å². The molecule has 3 aromatic rings. The third-order valence-electron chi connectivity index (χ3n) is 5.58. The maximum Gasteiger partial charge on any atom is 0.325 e. The number of rotatable bonds is 5. The largest absolute Gasteiger partial charge is 0.490 e. The number of aromatic nitrogens is 1. The average Bonchev–Trinajstić information content (AvgIpc) is 3.18. The molecule has 2 aliphatic rings. The second-order valence-electron chi connectivity index (χ2n) is 7.63. The Kier molecular flexibility index (Phi) is 4.82. The number of ether oxygens (including phenoxy) is 2. The number of amides is 3. The van der Waals surface area contributed by atoms with Crippen molar-refractivity contribution in [2.45, 2.75) is 18.9 Å². The molecular weight excluding hydrogens is 398 g/mol. The summed E-state index contributed by atoms with van der Waals surface area (Å²) in [5, 5.41) is 3.70. The van der Waals surface area contributed by atoms with Crippen LogP contribution in [0.1, 0.15) is 22.3 Å². The molecule has 8 heteroatoms. The fourth-order valence-corrected chi connectivity index (χ4v) is 3.96. The fourth-order valence-electron chi connectivity index (χ4n) is 3.96. The Morgan fingerprint density at radius 2 is 1.87 bits per heavy atom. The van der Waals surface area contributed by atoms with Gasteiger partial charge in [-0.05, 0) is 29.8 Å². The summed E-state index contributed by atoms with van der Waals surface area (Å²) >= 11 is 0. The van der Waals surface area contributed by atoms with Gasteiger partial charge in [0.25, 0.3) is 5.91 Å². The number of fused-ring (bicyclic) bond motifs is 2. The summed E-state index contributed by atoms with van der Waals surface area (Å²) in [5.74, 6) is 0.338. The number of benzene rings is 2. The quantitative estimate of drug-likeness (QED) is 0.489. The van der Waals surface area contributed by atoms with E-state index < -0.39 is 18.0 Å². The highest BCUT2D eigenvalue weighted by atomic mass is 16.5. The van der Waals surface area contributed by atoms with E-state index in [1.165, 1.54) is 0 Å². The van der Waals surface area contributed by atoms with Gasteiger partial charge in [-0.2, -0.15) is 0 Å². The number of carbonyl (C=O) groups is 3. The Bertz CT molecular complexity index is 1180. The molecule has 0 aliphatic carbocycles. The second-order valence-corrected chi connectivity index (χ2v) is 7.63. The Morgan fingerprint density at radius 3 is 2.74 bits per heavy atom. The first-order chi connectivity index (χ1) is 15.1. The number of nitrogens with zero attached hydrogens (tertiary/aromatic N) is 1. The van der Waals surface area contributed by atoms with Gasteiger partial charge >= 0.3 is 6.03 Å². The molecule has 3 heterocycles. The molecule has 0 saturated carbocycles. The van der Waals surface area contributed by atoms with Crippen molar-refractivity contribution in [1.29, 1.82) is 0 Å². The summed E-state index contributed by atoms with van der Waals surface area (Å²) in [5.41, 5.74) is 2.27. The Labute approximate surface area is 178 Å². The van der Waals surface area contributed by atoms with E-state index in [0.717, 1.165) is 27.8 Å². The number of hydrogen-bond donors (Lipinski definition) is 2. The standard InChI is InChI=1S/C23H21N3O5/c27-19(14-6-7-20-21(11-14)31-9-3-8-30-20)13-26-22(28)18(25-23(26)29)10-15-12-24-17-5-2-1-4-16(15)17/h1-2,4-7,11-12,18,24H,3,8-10,13H2,(H,25,29)/t18-/m1/s1. The number of Topliss-reactive ketones (excluding diaryl/α,β-unsaturated/α-hetero) is 1. The Balaban J connectivity index is 1.30. The Morgan fingerprint density at radius 1 is 1.06 bits per heavy atom. The molecule has 1 saturated heterocycles. The van der Waals surface area contributed by atoms with Gasteiger partial charge in [-0.25, -0.2) is 4.79 Å². The maximum atomic E-state index is 12.9. The van der Waals surface area contributed by atoms with Gasteiger partial charge in [-0.3, -0.25) is 14.5 Å². The minimum Gasteiger partial charge on any atom is -0.490 e. The van der Waals surface area contributed by atoms with Crippen LogP contribution >= 0.6 is 0 Å². The summed E-state index contributed by atoms with van der Waals surface area (Å²) < 4.78 is 11.2. The van der Waals surface area contributed by atoms with E-state index in [1.807, 2.05) is 30.5 Å². The monoisotopic (exact) mass is 419 g/mol. The molecule has 1 atom stereocenters. The highest BCUT2D eigenvalue weighted by molar-refractivity contribution is 6.09. The van der Waals surface area contributed by atoms with E-state index in [-0.39, 0.29) is 12.3 Å². The molecule has 8 nitrogen and oxygen atoms in total. The fraction of sp³-hybridized carbons (Fsp3) is 0.261. The van der Waals surface area contributed by atoms with Gasteiger partial charge in [0.05, 0.1) is 19.8 Å². The molecule has 31 heavy (non-hydrogen) atoms. The normalized spacial score (nSPS) is 18.2. The molecule has 1 aromatic heterocycles. The van der Waals surface area contributed by atoms with Crippen LogP contribution in [0.5, 0.6) is 11.5 Å². The van der Waals surface area contributed by atoms with Crippen molar-refractivity contribution in [3.05, 3.63) is 59.8 Å². The molecule has 3 amide bonds. The lowest BCUT2D eigenvalue weighted by molar-refractivity contribution is -0.127. The number of hydrogen-bond acceptors (Lipinski definition) is 5. The van der Waals surface area contributed by atoms with Crippen LogP contribution in [0.3, 0.4) is 0 Å². The minimum absolute atomic E-state index is 0.325. The topological polar surface area (TPSA) is 101 Å². The minimum atomic E-state index is -0.705.